The first-order chi connectivity index (χ1) is 9.60. The van der Waals surface area contributed by atoms with E-state index in [4.69, 9.17) is 4.74 Å². The van der Waals surface area contributed by atoms with Crippen molar-refractivity contribution in [2.45, 2.75) is 38.8 Å². The van der Waals surface area contributed by atoms with Crippen LogP contribution in [0, 0.1) is 0 Å². The number of hydrogen-bond donors (Lipinski definition) is 1. The second-order valence-electron chi connectivity index (χ2n) is 5.87. The van der Waals surface area contributed by atoms with E-state index in [2.05, 4.69) is 62.5 Å². The van der Waals surface area contributed by atoms with Gasteiger partial charge in [-0.05, 0) is 44.0 Å². The summed E-state index contributed by atoms with van der Waals surface area (Å²) >= 11 is 0. The van der Waals surface area contributed by atoms with Gasteiger partial charge in [0.05, 0.1) is 6.04 Å². The maximum Gasteiger partial charge on any atom is 0.128 e. The lowest BCUT2D eigenvalue weighted by molar-refractivity contribution is 0.118. The predicted octanol–water partition coefficient (Wildman–Crippen LogP) is 4.57. The molecule has 0 fully saturated rings. The van der Waals surface area contributed by atoms with E-state index in [0.717, 1.165) is 17.9 Å². The molecule has 1 N–H and O–H groups in total. The summed E-state index contributed by atoms with van der Waals surface area (Å²) in [5.74, 6) is 0.988. The Labute approximate surface area is 120 Å². The number of anilines is 1. The summed E-state index contributed by atoms with van der Waals surface area (Å²) in [6.45, 7) is 6.44. The molecular weight excluding hydrogens is 246 g/mol. The molecule has 2 heteroatoms. The van der Waals surface area contributed by atoms with Gasteiger partial charge >= 0.3 is 0 Å². The van der Waals surface area contributed by atoms with Gasteiger partial charge in [-0.15, -0.1) is 0 Å². The number of ether oxygens (including phenoxy) is 1. The van der Waals surface area contributed by atoms with Gasteiger partial charge in [0.1, 0.15) is 11.4 Å². The molecule has 3 rings (SSSR count). The highest BCUT2D eigenvalue weighted by molar-refractivity contribution is 5.52. The lowest BCUT2D eigenvalue weighted by Gasteiger charge is -2.28. The van der Waals surface area contributed by atoms with Crippen molar-refractivity contribution < 1.29 is 4.74 Å². The number of para-hydroxylation sites is 1. The average molecular weight is 267 g/mol. The van der Waals surface area contributed by atoms with E-state index in [1.807, 2.05) is 12.1 Å². The lowest BCUT2D eigenvalue weighted by atomic mass is 9.94. The number of fused-ring (bicyclic) bond motifs is 1. The molecule has 0 bridgehead atoms. The minimum absolute atomic E-state index is 0.172. The summed E-state index contributed by atoms with van der Waals surface area (Å²) in [4.78, 5) is 0. The summed E-state index contributed by atoms with van der Waals surface area (Å²) in [5.41, 5.74) is 3.49. The first-order valence-corrected chi connectivity index (χ1v) is 7.23. The normalized spacial score (nSPS) is 19.2. The van der Waals surface area contributed by atoms with Crippen molar-refractivity contribution in [3.8, 4) is 5.75 Å². The number of hydrogen-bond acceptors (Lipinski definition) is 2. The molecule has 2 nitrogen and oxygen atoms in total. The van der Waals surface area contributed by atoms with Crippen LogP contribution in [0.3, 0.4) is 0 Å². The third-order valence-electron chi connectivity index (χ3n) is 3.94. The van der Waals surface area contributed by atoms with Gasteiger partial charge < -0.3 is 10.1 Å². The Morgan fingerprint density at radius 1 is 1.10 bits per heavy atom. The van der Waals surface area contributed by atoms with Crippen molar-refractivity contribution in [2.75, 3.05) is 5.32 Å². The summed E-state index contributed by atoms with van der Waals surface area (Å²) in [6.07, 6.45) is 1.05. The van der Waals surface area contributed by atoms with Crippen LogP contribution in [0.4, 0.5) is 5.69 Å². The molecular formula is C18H21NO. The van der Waals surface area contributed by atoms with Crippen LogP contribution in [0.25, 0.3) is 0 Å². The number of aryl methyl sites for hydroxylation is 1. The van der Waals surface area contributed by atoms with Gasteiger partial charge in [-0.3, -0.25) is 0 Å². The Kier molecular flexibility index (Phi) is 3.17. The largest absolute Gasteiger partial charge is 0.485 e. The van der Waals surface area contributed by atoms with Gasteiger partial charge in [0.15, 0.2) is 0 Å². The van der Waals surface area contributed by atoms with Gasteiger partial charge in [0.2, 0.25) is 0 Å². The van der Waals surface area contributed by atoms with Gasteiger partial charge in [0.25, 0.3) is 0 Å². The molecule has 0 radical (unpaired) electrons. The first-order valence-electron chi connectivity index (χ1n) is 7.23. The van der Waals surface area contributed by atoms with Crippen LogP contribution in [0.5, 0.6) is 5.75 Å². The number of benzene rings is 2. The fourth-order valence-corrected chi connectivity index (χ4v) is 2.83. The van der Waals surface area contributed by atoms with Crippen LogP contribution in [0.15, 0.2) is 48.5 Å². The molecule has 20 heavy (non-hydrogen) atoms. The zero-order valence-corrected chi connectivity index (χ0v) is 12.3. The molecule has 1 unspecified atom stereocenters. The fraction of sp³-hybridized carbons (Fsp3) is 0.333. The molecule has 0 amide bonds. The van der Waals surface area contributed by atoms with Gasteiger partial charge in [-0.2, -0.15) is 0 Å². The molecule has 1 aliphatic heterocycles. The summed E-state index contributed by atoms with van der Waals surface area (Å²) in [7, 11) is 0. The van der Waals surface area contributed by atoms with Gasteiger partial charge in [0, 0.05) is 11.3 Å². The standard InChI is InChI=1S/C18H21NO/c1-4-13-8-7-9-14(12-13)19-17-15-10-5-6-11-16(15)20-18(17,2)3/h5-12,17,19H,4H2,1-3H3. The van der Waals surface area contributed by atoms with Crippen molar-refractivity contribution in [3.05, 3.63) is 59.7 Å². The van der Waals surface area contributed by atoms with E-state index >= 15 is 0 Å². The Balaban J connectivity index is 1.92. The monoisotopic (exact) mass is 267 g/mol. The van der Waals surface area contributed by atoms with Gasteiger partial charge in [-0.1, -0.05) is 37.3 Å². The summed E-state index contributed by atoms with van der Waals surface area (Å²) in [5, 5.41) is 3.64. The van der Waals surface area contributed by atoms with Crippen LogP contribution in [0.2, 0.25) is 0 Å². The molecule has 104 valence electrons. The molecule has 1 aliphatic rings. The molecule has 0 saturated heterocycles. The van der Waals surface area contributed by atoms with Crippen LogP contribution in [0.1, 0.15) is 37.9 Å². The molecule has 0 saturated carbocycles. The molecule has 1 atom stereocenters. The summed E-state index contributed by atoms with van der Waals surface area (Å²) in [6, 6.07) is 17.1. The minimum Gasteiger partial charge on any atom is -0.485 e. The van der Waals surface area contributed by atoms with Crippen LogP contribution >= 0.6 is 0 Å². The molecule has 0 spiro atoms. The Morgan fingerprint density at radius 2 is 1.90 bits per heavy atom. The molecule has 0 aliphatic carbocycles. The van der Waals surface area contributed by atoms with E-state index in [0.29, 0.717) is 0 Å². The second-order valence-corrected chi connectivity index (χ2v) is 5.87. The van der Waals surface area contributed by atoms with Crippen molar-refractivity contribution in [1.29, 1.82) is 0 Å². The smallest absolute Gasteiger partial charge is 0.128 e. The maximum atomic E-state index is 6.07. The molecule has 2 aromatic rings. The second kappa shape index (κ2) is 4.86. The minimum atomic E-state index is -0.244. The van der Waals surface area contributed by atoms with Crippen molar-refractivity contribution in [1.82, 2.24) is 0 Å². The van der Waals surface area contributed by atoms with Gasteiger partial charge in [-0.25, -0.2) is 0 Å². The zero-order chi connectivity index (χ0) is 14.2. The summed E-state index contributed by atoms with van der Waals surface area (Å²) < 4.78 is 6.07. The predicted molar refractivity (Wildman–Crippen MR) is 83.3 cm³/mol. The van der Waals surface area contributed by atoms with Crippen molar-refractivity contribution in [2.24, 2.45) is 0 Å². The highest BCUT2D eigenvalue weighted by Gasteiger charge is 2.40. The lowest BCUT2D eigenvalue weighted by Crippen LogP contribution is -2.34. The third-order valence-corrected chi connectivity index (χ3v) is 3.94. The highest BCUT2D eigenvalue weighted by Crippen LogP contribution is 2.44. The van der Waals surface area contributed by atoms with Crippen molar-refractivity contribution in [3.63, 3.8) is 0 Å². The van der Waals surface area contributed by atoms with Crippen molar-refractivity contribution >= 4 is 5.69 Å². The van der Waals surface area contributed by atoms with E-state index < -0.39 is 0 Å². The average Bonchev–Trinajstić information content (AvgIpc) is 2.70. The Bertz CT molecular complexity index is 618. The van der Waals surface area contributed by atoms with Crippen LogP contribution in [-0.2, 0) is 6.42 Å². The van der Waals surface area contributed by atoms with Crippen LogP contribution in [-0.4, -0.2) is 5.60 Å². The Morgan fingerprint density at radius 3 is 2.70 bits per heavy atom. The topological polar surface area (TPSA) is 21.3 Å². The van der Waals surface area contributed by atoms with Crippen LogP contribution < -0.4 is 10.1 Å². The molecule has 0 aromatic heterocycles. The van der Waals surface area contributed by atoms with E-state index in [-0.39, 0.29) is 11.6 Å². The SMILES string of the molecule is CCc1cccc(NC2c3ccccc3OC2(C)C)c1. The Hall–Kier alpha value is -1.96. The quantitative estimate of drug-likeness (QED) is 0.879. The van der Waals surface area contributed by atoms with E-state index in [1.165, 1.54) is 11.1 Å². The zero-order valence-electron chi connectivity index (χ0n) is 12.3. The highest BCUT2D eigenvalue weighted by atomic mass is 16.5. The third kappa shape index (κ3) is 2.26. The van der Waals surface area contributed by atoms with E-state index in [1.54, 1.807) is 0 Å². The number of nitrogens with one attached hydrogen (secondary N) is 1. The number of rotatable bonds is 3. The molecule has 1 heterocycles. The maximum absolute atomic E-state index is 6.07. The molecule has 2 aromatic carbocycles. The van der Waals surface area contributed by atoms with E-state index in [9.17, 15) is 0 Å². The fourth-order valence-electron chi connectivity index (χ4n) is 2.83. The first kappa shape index (κ1) is 13.0.